The highest BCUT2D eigenvalue weighted by atomic mass is 35.5. The molecule has 2 aliphatic carbocycles. The number of thiazole rings is 1. The van der Waals surface area contributed by atoms with Gasteiger partial charge in [-0.15, -0.1) is 11.8 Å². The van der Waals surface area contributed by atoms with E-state index in [0.29, 0.717) is 28.0 Å². The van der Waals surface area contributed by atoms with Crippen molar-refractivity contribution in [1.29, 1.82) is 0 Å². The molecule has 188 valence electrons. The number of rotatable bonds is 4. The molecule has 6 rings (SSSR count). The molecule has 0 radical (unpaired) electrons. The zero-order valence-electron chi connectivity index (χ0n) is 18.9. The third-order valence-electron chi connectivity index (χ3n) is 7.73. The summed E-state index contributed by atoms with van der Waals surface area (Å²) in [6.45, 7) is -0.331. The highest BCUT2D eigenvalue weighted by Crippen LogP contribution is 2.64. The Balaban J connectivity index is 1.35. The number of benzene rings is 2. The van der Waals surface area contributed by atoms with Crippen LogP contribution in [0.4, 0.5) is 18.9 Å². The smallest absolute Gasteiger partial charge is 0.324 e. The normalized spacial score (nSPS) is 26.5. The zero-order valence-corrected chi connectivity index (χ0v) is 21.3. The van der Waals surface area contributed by atoms with Gasteiger partial charge in [0.15, 0.2) is 0 Å². The van der Waals surface area contributed by atoms with Gasteiger partial charge in [-0.2, -0.15) is 13.2 Å². The van der Waals surface area contributed by atoms with Gasteiger partial charge in [0, 0.05) is 21.1 Å². The number of alkyl halides is 3. The Morgan fingerprint density at radius 2 is 1.81 bits per heavy atom. The number of nitrogens with one attached hydrogen (secondary N) is 1. The lowest BCUT2D eigenvalue weighted by Crippen LogP contribution is -2.34. The van der Waals surface area contributed by atoms with Gasteiger partial charge < -0.3 is 5.32 Å². The van der Waals surface area contributed by atoms with Crippen LogP contribution in [-0.4, -0.2) is 15.7 Å². The Kier molecular flexibility index (Phi) is 6.00. The molecule has 2 bridgehead atoms. The summed E-state index contributed by atoms with van der Waals surface area (Å²) >= 11 is 8.98. The van der Waals surface area contributed by atoms with Gasteiger partial charge in [0.1, 0.15) is 6.54 Å². The first kappa shape index (κ1) is 24.1. The Morgan fingerprint density at radius 1 is 1.08 bits per heavy atom. The van der Waals surface area contributed by atoms with Crippen molar-refractivity contribution in [3.63, 3.8) is 0 Å². The molecule has 0 unspecified atom stereocenters. The summed E-state index contributed by atoms with van der Waals surface area (Å²) in [6.07, 6.45) is -1.05. The second kappa shape index (κ2) is 8.96. The van der Waals surface area contributed by atoms with Crippen LogP contribution in [0.5, 0.6) is 0 Å². The van der Waals surface area contributed by atoms with Gasteiger partial charge in [-0.05, 0) is 66.8 Å². The fraction of sp³-hybridized carbons (Fsp3) is 0.385. The molecule has 4 nitrogen and oxygen atoms in total. The minimum atomic E-state index is -4.60. The van der Waals surface area contributed by atoms with Gasteiger partial charge in [-0.1, -0.05) is 47.2 Å². The minimum Gasteiger partial charge on any atom is -0.324 e. The van der Waals surface area contributed by atoms with E-state index in [1.807, 2.05) is 24.3 Å². The van der Waals surface area contributed by atoms with Crippen molar-refractivity contribution in [2.24, 2.45) is 17.8 Å². The van der Waals surface area contributed by atoms with Crippen molar-refractivity contribution in [1.82, 2.24) is 4.57 Å². The van der Waals surface area contributed by atoms with Gasteiger partial charge in [0.2, 0.25) is 5.91 Å². The largest absolute Gasteiger partial charge is 0.418 e. The predicted molar refractivity (Wildman–Crippen MR) is 136 cm³/mol. The van der Waals surface area contributed by atoms with E-state index in [-0.39, 0.29) is 23.0 Å². The van der Waals surface area contributed by atoms with Crippen LogP contribution in [0.1, 0.15) is 41.2 Å². The fourth-order valence-corrected chi connectivity index (χ4v) is 9.58. The van der Waals surface area contributed by atoms with Crippen LogP contribution in [0.15, 0.2) is 58.4 Å². The Labute approximate surface area is 218 Å². The van der Waals surface area contributed by atoms with Gasteiger partial charge >= 0.3 is 11.0 Å². The number of halogens is 4. The monoisotopic (exact) mass is 550 g/mol. The van der Waals surface area contributed by atoms with Gasteiger partial charge in [-0.25, -0.2) is 0 Å². The quantitative estimate of drug-likeness (QED) is 0.385. The van der Waals surface area contributed by atoms with E-state index >= 15 is 0 Å². The van der Waals surface area contributed by atoms with Gasteiger partial charge in [0.05, 0.1) is 16.3 Å². The number of hydrogen-bond acceptors (Lipinski definition) is 4. The second-order valence-corrected chi connectivity index (χ2v) is 12.3. The maximum atomic E-state index is 13.4. The number of amides is 1. The first-order valence-electron chi connectivity index (χ1n) is 11.8. The molecule has 2 saturated carbocycles. The van der Waals surface area contributed by atoms with E-state index in [0.717, 1.165) is 32.9 Å². The van der Waals surface area contributed by atoms with Crippen molar-refractivity contribution in [3.05, 3.63) is 79.2 Å². The number of aromatic nitrogens is 1. The molecular formula is C26H22ClF3N2O2S2. The molecule has 10 heteroatoms. The minimum absolute atomic E-state index is 0.0479. The maximum absolute atomic E-state index is 13.4. The summed E-state index contributed by atoms with van der Waals surface area (Å²) < 4.78 is 41.6. The standard InChI is InChI=1S/C26H22ClF3N2O2S2/c27-16-9-7-13(8-10-16)20-21-14-5-6-15(11-14)22(21)35-24-23(20)36-25(34)32(24)12-19(33)31-18-4-2-1-3-17(18)26(28,29)30/h1-4,7-10,14-15,20-22H,5-6,11-12H2,(H,31,33)/t14-,15-,20+,21-,22-/m0/s1. The number of anilines is 1. The molecule has 1 aliphatic heterocycles. The number of carbonyl (C=O) groups is 1. The number of thioether (sulfide) groups is 1. The summed E-state index contributed by atoms with van der Waals surface area (Å²) in [7, 11) is 0. The first-order chi connectivity index (χ1) is 17.2. The molecule has 3 aliphatic rings. The van der Waals surface area contributed by atoms with Crippen LogP contribution in [0.25, 0.3) is 0 Å². The van der Waals surface area contributed by atoms with Crippen LogP contribution in [0, 0.1) is 17.8 Å². The molecule has 1 aromatic heterocycles. The highest BCUT2D eigenvalue weighted by Gasteiger charge is 2.55. The Hall–Kier alpha value is -2.23. The van der Waals surface area contributed by atoms with E-state index in [2.05, 4.69) is 5.32 Å². The average Bonchev–Trinajstić information content (AvgIpc) is 3.52. The van der Waals surface area contributed by atoms with Crippen molar-refractivity contribution < 1.29 is 18.0 Å². The van der Waals surface area contributed by atoms with Gasteiger partial charge in [0.25, 0.3) is 0 Å². The molecule has 5 atom stereocenters. The number of fused-ring (bicyclic) bond motifs is 6. The second-order valence-electron chi connectivity index (χ2n) is 9.74. The lowest BCUT2D eigenvalue weighted by atomic mass is 9.75. The SMILES string of the molecule is O=C(Cn1c2c(sc1=O)[C@H](c1ccc(Cl)cc1)[C@@H]1[C@H]3CC[C@@H](C3)[C@@H]1S2)Nc1ccccc1C(F)(F)F. The molecule has 2 aromatic carbocycles. The van der Waals surface area contributed by atoms with Crippen molar-refractivity contribution >= 4 is 46.3 Å². The number of para-hydroxylation sites is 1. The Bertz CT molecular complexity index is 1390. The summed E-state index contributed by atoms with van der Waals surface area (Å²) in [5.41, 5.74) is -0.118. The lowest BCUT2D eigenvalue weighted by Gasteiger charge is -2.40. The number of carbonyl (C=O) groups excluding carboxylic acids is 1. The molecule has 2 heterocycles. The third kappa shape index (κ3) is 4.09. The van der Waals surface area contributed by atoms with E-state index in [4.69, 9.17) is 11.6 Å². The van der Waals surface area contributed by atoms with Crippen molar-refractivity contribution in [3.8, 4) is 0 Å². The lowest BCUT2D eigenvalue weighted by molar-refractivity contribution is -0.137. The topological polar surface area (TPSA) is 51.1 Å². The van der Waals surface area contributed by atoms with Crippen LogP contribution in [-0.2, 0) is 17.5 Å². The predicted octanol–water partition coefficient (Wildman–Crippen LogP) is 6.87. The van der Waals surface area contributed by atoms with Crippen molar-refractivity contribution in [2.45, 2.75) is 48.2 Å². The van der Waals surface area contributed by atoms with Crippen LogP contribution < -0.4 is 10.2 Å². The van der Waals surface area contributed by atoms with E-state index in [1.165, 1.54) is 42.0 Å². The molecule has 2 fully saturated rings. The van der Waals surface area contributed by atoms with E-state index < -0.39 is 17.6 Å². The summed E-state index contributed by atoms with van der Waals surface area (Å²) in [6, 6.07) is 12.6. The van der Waals surface area contributed by atoms with Crippen LogP contribution >= 0.6 is 34.7 Å². The van der Waals surface area contributed by atoms with Crippen LogP contribution in [0.3, 0.4) is 0 Å². The molecule has 1 N–H and O–H groups in total. The number of nitrogens with zero attached hydrogens (tertiary/aromatic N) is 1. The van der Waals surface area contributed by atoms with E-state index in [9.17, 15) is 22.8 Å². The van der Waals surface area contributed by atoms with Crippen LogP contribution in [0.2, 0.25) is 5.02 Å². The fourth-order valence-electron chi connectivity index (χ4n) is 6.30. The summed E-state index contributed by atoms with van der Waals surface area (Å²) in [5.74, 6) is 0.986. The maximum Gasteiger partial charge on any atom is 0.418 e. The Morgan fingerprint density at radius 3 is 2.56 bits per heavy atom. The molecule has 0 spiro atoms. The number of hydrogen-bond donors (Lipinski definition) is 1. The molecule has 36 heavy (non-hydrogen) atoms. The highest BCUT2D eigenvalue weighted by molar-refractivity contribution is 8.00. The third-order valence-corrected chi connectivity index (χ3v) is 10.8. The summed E-state index contributed by atoms with van der Waals surface area (Å²) in [4.78, 5) is 26.7. The first-order valence-corrected chi connectivity index (χ1v) is 13.9. The summed E-state index contributed by atoms with van der Waals surface area (Å²) in [5, 5.41) is 4.15. The molecule has 1 amide bonds. The zero-order chi connectivity index (χ0) is 25.2. The average molecular weight is 551 g/mol. The molecule has 3 aromatic rings. The molecular weight excluding hydrogens is 529 g/mol. The molecule has 0 saturated heterocycles. The van der Waals surface area contributed by atoms with Gasteiger partial charge in [-0.3, -0.25) is 14.2 Å². The van der Waals surface area contributed by atoms with Crippen molar-refractivity contribution in [2.75, 3.05) is 5.32 Å². The van der Waals surface area contributed by atoms with E-state index in [1.54, 1.807) is 11.8 Å².